The summed E-state index contributed by atoms with van der Waals surface area (Å²) in [4.78, 5) is 10.7. The number of carboxylic acid groups (broad SMARTS) is 1. The lowest BCUT2D eigenvalue weighted by atomic mass is 9.92. The van der Waals surface area contributed by atoms with Gasteiger partial charge in [0.2, 0.25) is 0 Å². The summed E-state index contributed by atoms with van der Waals surface area (Å²) in [5.41, 5.74) is 3.67. The van der Waals surface area contributed by atoms with Crippen LogP contribution in [-0.4, -0.2) is 29.4 Å². The van der Waals surface area contributed by atoms with Crippen LogP contribution in [-0.2, 0) is 16.0 Å². The Labute approximate surface area is 117 Å². The first-order valence-electron chi connectivity index (χ1n) is 7.31. The Morgan fingerprint density at radius 3 is 3.05 bits per heavy atom. The van der Waals surface area contributed by atoms with E-state index >= 15 is 0 Å². The number of fused-ring (bicyclic) bond motifs is 5. The molecule has 3 aliphatic rings. The van der Waals surface area contributed by atoms with Crippen molar-refractivity contribution in [2.45, 2.75) is 56.8 Å². The predicted octanol–water partition coefficient (Wildman–Crippen LogP) is 2.42. The molecule has 4 nitrogen and oxygen atoms in total. The molecule has 20 heavy (non-hydrogen) atoms. The fourth-order valence-corrected chi connectivity index (χ4v) is 3.78. The Morgan fingerprint density at radius 2 is 2.25 bits per heavy atom. The Bertz CT molecular complexity index is 580. The van der Waals surface area contributed by atoms with Crippen LogP contribution in [0.15, 0.2) is 12.1 Å². The molecular weight excluding hydrogens is 256 g/mol. The summed E-state index contributed by atoms with van der Waals surface area (Å²) in [7, 11) is 0. The van der Waals surface area contributed by atoms with Gasteiger partial charge in [-0.3, -0.25) is 4.79 Å². The third kappa shape index (κ3) is 1.82. The molecule has 2 unspecified atom stereocenters. The SMILES string of the molecule is Cc1cc(CCCC(=O)O)c2c(c1)C1C(C[C@H]3O[C@@H]13)O2. The van der Waals surface area contributed by atoms with Crippen LogP contribution in [0.2, 0.25) is 0 Å². The quantitative estimate of drug-likeness (QED) is 0.857. The first kappa shape index (κ1) is 12.2. The van der Waals surface area contributed by atoms with Gasteiger partial charge in [-0.15, -0.1) is 0 Å². The second-order valence-electron chi connectivity index (χ2n) is 6.15. The van der Waals surface area contributed by atoms with Crippen molar-refractivity contribution in [2.75, 3.05) is 0 Å². The minimum Gasteiger partial charge on any atom is -0.489 e. The van der Waals surface area contributed by atoms with E-state index in [0.29, 0.717) is 24.5 Å². The molecule has 1 aromatic carbocycles. The van der Waals surface area contributed by atoms with Gasteiger partial charge in [0, 0.05) is 18.4 Å². The number of ether oxygens (including phenoxy) is 2. The highest BCUT2D eigenvalue weighted by atomic mass is 16.6. The molecule has 2 heterocycles. The minimum absolute atomic E-state index is 0.212. The number of carbonyl (C=O) groups is 1. The van der Waals surface area contributed by atoms with Gasteiger partial charge in [0.15, 0.2) is 0 Å². The molecule has 2 aliphatic heterocycles. The van der Waals surface area contributed by atoms with E-state index in [1.165, 1.54) is 11.1 Å². The molecule has 0 bridgehead atoms. The number of rotatable bonds is 4. The Kier molecular flexibility index (Phi) is 2.58. The van der Waals surface area contributed by atoms with Gasteiger partial charge in [-0.05, 0) is 25.3 Å². The molecule has 2 fully saturated rings. The highest BCUT2D eigenvalue weighted by Gasteiger charge is 2.60. The summed E-state index contributed by atoms with van der Waals surface area (Å²) in [6.45, 7) is 2.09. The molecule has 0 radical (unpaired) electrons. The van der Waals surface area contributed by atoms with E-state index in [-0.39, 0.29) is 12.5 Å². The summed E-state index contributed by atoms with van der Waals surface area (Å²) in [5.74, 6) is 0.666. The summed E-state index contributed by atoms with van der Waals surface area (Å²) in [6, 6.07) is 4.34. The third-order valence-electron chi connectivity index (χ3n) is 4.64. The Balaban J connectivity index is 1.61. The molecule has 4 rings (SSSR count). The summed E-state index contributed by atoms with van der Waals surface area (Å²) < 4.78 is 11.8. The van der Waals surface area contributed by atoms with Gasteiger partial charge < -0.3 is 14.6 Å². The summed E-state index contributed by atoms with van der Waals surface area (Å²) >= 11 is 0. The van der Waals surface area contributed by atoms with E-state index in [2.05, 4.69) is 19.1 Å². The van der Waals surface area contributed by atoms with Gasteiger partial charge in [0.1, 0.15) is 11.9 Å². The van der Waals surface area contributed by atoms with E-state index < -0.39 is 5.97 Å². The van der Waals surface area contributed by atoms with Gasteiger partial charge in [0.05, 0.1) is 18.1 Å². The monoisotopic (exact) mass is 274 g/mol. The fourth-order valence-electron chi connectivity index (χ4n) is 3.78. The zero-order chi connectivity index (χ0) is 13.9. The average Bonchev–Trinajstić information content (AvgIpc) is 2.89. The van der Waals surface area contributed by atoms with E-state index in [1.807, 2.05) is 0 Å². The third-order valence-corrected chi connectivity index (χ3v) is 4.64. The maximum Gasteiger partial charge on any atom is 0.303 e. The molecule has 1 saturated heterocycles. The van der Waals surface area contributed by atoms with Crippen LogP contribution in [0.3, 0.4) is 0 Å². The van der Waals surface area contributed by atoms with Gasteiger partial charge in [-0.2, -0.15) is 0 Å². The highest BCUT2D eigenvalue weighted by molar-refractivity contribution is 5.66. The van der Waals surface area contributed by atoms with Gasteiger partial charge >= 0.3 is 5.97 Å². The van der Waals surface area contributed by atoms with Crippen LogP contribution in [0.1, 0.15) is 41.9 Å². The van der Waals surface area contributed by atoms with Gasteiger partial charge in [-0.25, -0.2) is 0 Å². The molecule has 1 aliphatic carbocycles. The summed E-state index contributed by atoms with van der Waals surface area (Å²) in [6.07, 6.45) is 3.68. The lowest BCUT2D eigenvalue weighted by molar-refractivity contribution is -0.137. The van der Waals surface area contributed by atoms with Crippen molar-refractivity contribution in [3.8, 4) is 5.75 Å². The van der Waals surface area contributed by atoms with Crippen molar-refractivity contribution >= 4 is 5.97 Å². The molecule has 106 valence electrons. The zero-order valence-corrected chi connectivity index (χ0v) is 11.5. The average molecular weight is 274 g/mol. The van der Waals surface area contributed by atoms with Crippen molar-refractivity contribution < 1.29 is 19.4 Å². The second kappa shape index (κ2) is 4.22. The molecule has 1 aromatic rings. The van der Waals surface area contributed by atoms with Gasteiger partial charge in [0.25, 0.3) is 0 Å². The van der Waals surface area contributed by atoms with E-state index in [0.717, 1.165) is 24.2 Å². The number of hydrogen-bond acceptors (Lipinski definition) is 3. The largest absolute Gasteiger partial charge is 0.489 e. The maximum absolute atomic E-state index is 10.7. The number of epoxide rings is 1. The lowest BCUT2D eigenvalue weighted by Gasteiger charge is -2.11. The molecule has 4 atom stereocenters. The number of aliphatic carboxylic acids is 1. The normalized spacial score (nSPS) is 32.2. The number of carboxylic acids is 1. The number of hydrogen-bond donors (Lipinski definition) is 1. The number of aryl methyl sites for hydroxylation is 2. The molecule has 1 saturated carbocycles. The van der Waals surface area contributed by atoms with Crippen LogP contribution >= 0.6 is 0 Å². The maximum atomic E-state index is 10.7. The number of benzene rings is 1. The van der Waals surface area contributed by atoms with Crippen molar-refractivity contribution in [2.24, 2.45) is 0 Å². The van der Waals surface area contributed by atoms with Crippen LogP contribution in [0.25, 0.3) is 0 Å². The van der Waals surface area contributed by atoms with E-state index in [9.17, 15) is 4.79 Å². The molecule has 0 spiro atoms. The predicted molar refractivity (Wildman–Crippen MR) is 72.2 cm³/mol. The molecule has 4 heteroatoms. The molecule has 0 aromatic heterocycles. The molecular formula is C16H18O4. The summed E-state index contributed by atoms with van der Waals surface area (Å²) in [5, 5.41) is 8.76. The molecule has 1 N–H and O–H groups in total. The Hall–Kier alpha value is -1.55. The van der Waals surface area contributed by atoms with Crippen LogP contribution in [0, 0.1) is 6.92 Å². The standard InChI is InChI=1S/C16H18O4/c1-8-5-9(3-2-4-13(17)18)15-10(6-8)14-11(19-15)7-12-16(14)20-12/h5-6,11-12,14,16H,2-4,7H2,1H3,(H,17,18)/t11?,12-,14?,16-/m1/s1. The van der Waals surface area contributed by atoms with E-state index in [4.69, 9.17) is 14.6 Å². The van der Waals surface area contributed by atoms with Crippen LogP contribution in [0.4, 0.5) is 0 Å². The van der Waals surface area contributed by atoms with Crippen LogP contribution < -0.4 is 4.74 Å². The van der Waals surface area contributed by atoms with Crippen molar-refractivity contribution in [1.82, 2.24) is 0 Å². The lowest BCUT2D eigenvalue weighted by Crippen LogP contribution is -2.17. The smallest absolute Gasteiger partial charge is 0.303 e. The first-order chi connectivity index (χ1) is 9.63. The first-order valence-corrected chi connectivity index (χ1v) is 7.31. The topological polar surface area (TPSA) is 59.1 Å². The van der Waals surface area contributed by atoms with Crippen molar-refractivity contribution in [3.05, 3.63) is 28.8 Å². The fraction of sp³-hybridized carbons (Fsp3) is 0.562. The molecule has 0 amide bonds. The highest BCUT2D eigenvalue weighted by Crippen LogP contribution is 2.56. The second-order valence-corrected chi connectivity index (χ2v) is 6.15. The zero-order valence-electron chi connectivity index (χ0n) is 11.5. The van der Waals surface area contributed by atoms with Crippen molar-refractivity contribution in [1.29, 1.82) is 0 Å². The van der Waals surface area contributed by atoms with Crippen LogP contribution in [0.5, 0.6) is 5.75 Å². The van der Waals surface area contributed by atoms with Gasteiger partial charge in [-0.1, -0.05) is 17.7 Å². The van der Waals surface area contributed by atoms with E-state index in [1.54, 1.807) is 0 Å². The van der Waals surface area contributed by atoms with Crippen molar-refractivity contribution in [3.63, 3.8) is 0 Å². The minimum atomic E-state index is -0.735. The Morgan fingerprint density at radius 1 is 1.40 bits per heavy atom.